The van der Waals surface area contributed by atoms with Gasteiger partial charge in [-0.2, -0.15) is 5.26 Å². The zero-order valence-corrected chi connectivity index (χ0v) is 18.0. The van der Waals surface area contributed by atoms with E-state index in [-0.39, 0.29) is 11.3 Å². The quantitative estimate of drug-likeness (QED) is 0.557. The highest BCUT2D eigenvalue weighted by Gasteiger charge is 2.27. The summed E-state index contributed by atoms with van der Waals surface area (Å²) in [5.41, 5.74) is 4.40. The van der Waals surface area contributed by atoms with Crippen molar-refractivity contribution in [1.82, 2.24) is 4.98 Å². The first-order valence-electron chi connectivity index (χ1n) is 9.81. The van der Waals surface area contributed by atoms with Crippen LogP contribution in [0.25, 0.3) is 0 Å². The third-order valence-corrected chi connectivity index (χ3v) is 5.95. The van der Waals surface area contributed by atoms with Crippen LogP contribution in [0.2, 0.25) is 0 Å². The fraction of sp³-hybridized carbons (Fsp3) is 0.167. The highest BCUT2D eigenvalue weighted by atomic mass is 32.1. The van der Waals surface area contributed by atoms with Gasteiger partial charge in [-0.3, -0.25) is 9.79 Å². The summed E-state index contributed by atoms with van der Waals surface area (Å²) in [6.45, 7) is 4.13. The Morgan fingerprint density at radius 1 is 1.23 bits per heavy atom. The monoisotopic (exact) mass is 427 g/mol. The predicted molar refractivity (Wildman–Crippen MR) is 125 cm³/mol. The summed E-state index contributed by atoms with van der Waals surface area (Å²) < 4.78 is 0. The molecule has 1 amide bonds. The zero-order valence-electron chi connectivity index (χ0n) is 17.2. The summed E-state index contributed by atoms with van der Waals surface area (Å²) in [6.07, 6.45) is 6.68. The third kappa shape index (κ3) is 4.55. The van der Waals surface area contributed by atoms with E-state index in [1.165, 1.54) is 0 Å². The number of thiazole rings is 1. The Morgan fingerprint density at radius 2 is 2.03 bits per heavy atom. The number of allylic oxidation sites excluding steroid dienone is 1. The van der Waals surface area contributed by atoms with Gasteiger partial charge in [0, 0.05) is 40.1 Å². The molecule has 4 rings (SSSR count). The van der Waals surface area contributed by atoms with E-state index in [9.17, 15) is 4.79 Å². The molecule has 0 aliphatic carbocycles. The maximum absolute atomic E-state index is 12.5. The van der Waals surface area contributed by atoms with Crippen molar-refractivity contribution < 1.29 is 4.79 Å². The molecule has 1 aliphatic heterocycles. The van der Waals surface area contributed by atoms with E-state index >= 15 is 0 Å². The Labute approximate surface area is 185 Å². The minimum atomic E-state index is -0.228. The molecule has 0 radical (unpaired) electrons. The number of carbonyl (C=O) groups is 1. The third-order valence-electron chi connectivity index (χ3n) is 5.20. The van der Waals surface area contributed by atoms with Crippen LogP contribution in [0.15, 0.2) is 65.1 Å². The van der Waals surface area contributed by atoms with Gasteiger partial charge in [0.2, 0.25) is 0 Å². The van der Waals surface area contributed by atoms with Crippen LogP contribution < -0.4 is 10.6 Å². The van der Waals surface area contributed by atoms with Crippen molar-refractivity contribution in [2.45, 2.75) is 25.7 Å². The number of nitriles is 1. The molecule has 0 fully saturated rings. The largest absolute Gasteiger partial charge is 0.331 e. The van der Waals surface area contributed by atoms with Gasteiger partial charge in [-0.1, -0.05) is 12.1 Å². The van der Waals surface area contributed by atoms with Crippen molar-refractivity contribution in [3.05, 3.63) is 82.5 Å². The molecule has 0 bridgehead atoms. The lowest BCUT2D eigenvalue weighted by Crippen LogP contribution is -2.24. The highest BCUT2D eigenvalue weighted by Crippen LogP contribution is 2.33. The molecule has 154 valence electrons. The van der Waals surface area contributed by atoms with E-state index in [0.717, 1.165) is 28.5 Å². The van der Waals surface area contributed by atoms with Gasteiger partial charge in [0.1, 0.15) is 0 Å². The van der Waals surface area contributed by atoms with Crippen molar-refractivity contribution in [3.63, 3.8) is 0 Å². The number of aromatic nitrogens is 1. The highest BCUT2D eigenvalue weighted by molar-refractivity contribution is 7.13. The molecule has 31 heavy (non-hydrogen) atoms. The van der Waals surface area contributed by atoms with E-state index in [4.69, 9.17) is 10.2 Å². The van der Waals surface area contributed by atoms with Gasteiger partial charge in [-0.05, 0) is 62.2 Å². The number of nitrogens with zero attached hydrogens (tertiary/aromatic N) is 3. The predicted octanol–water partition coefficient (Wildman–Crippen LogP) is 5.57. The molecule has 6 nitrogen and oxygen atoms in total. The number of rotatable bonds is 5. The normalized spacial score (nSPS) is 17.2. The molecular weight excluding hydrogens is 406 g/mol. The van der Waals surface area contributed by atoms with Crippen LogP contribution >= 0.6 is 11.3 Å². The van der Waals surface area contributed by atoms with Crippen molar-refractivity contribution in [1.29, 1.82) is 5.26 Å². The molecular formula is C24H21N5OS. The molecule has 1 aromatic heterocycles. The van der Waals surface area contributed by atoms with Gasteiger partial charge in [0.15, 0.2) is 5.13 Å². The zero-order chi connectivity index (χ0) is 21.8. The first-order valence-corrected chi connectivity index (χ1v) is 10.7. The number of benzene rings is 2. The van der Waals surface area contributed by atoms with Gasteiger partial charge in [0.05, 0.1) is 17.3 Å². The van der Waals surface area contributed by atoms with Gasteiger partial charge in [0.25, 0.3) is 5.91 Å². The molecule has 0 saturated heterocycles. The Kier molecular flexibility index (Phi) is 5.65. The Balaban J connectivity index is 1.49. The number of amides is 1. The van der Waals surface area contributed by atoms with Crippen LogP contribution in [0.3, 0.4) is 0 Å². The number of nitrogens with one attached hydrogen (secondary N) is 2. The van der Waals surface area contributed by atoms with E-state index in [2.05, 4.69) is 34.0 Å². The molecule has 0 spiro atoms. The van der Waals surface area contributed by atoms with E-state index in [0.29, 0.717) is 16.8 Å². The van der Waals surface area contributed by atoms with Crippen molar-refractivity contribution in [3.8, 4) is 6.07 Å². The van der Waals surface area contributed by atoms with Crippen LogP contribution in [0.1, 0.15) is 40.5 Å². The van der Waals surface area contributed by atoms with Gasteiger partial charge < -0.3 is 10.6 Å². The maximum Gasteiger partial charge on any atom is 0.255 e. The molecule has 1 unspecified atom stereocenters. The van der Waals surface area contributed by atoms with Gasteiger partial charge >= 0.3 is 0 Å². The fourth-order valence-electron chi connectivity index (χ4n) is 3.23. The second-order valence-electron chi connectivity index (χ2n) is 7.62. The lowest BCUT2D eigenvalue weighted by Gasteiger charge is -2.22. The summed E-state index contributed by atoms with van der Waals surface area (Å²) in [7, 11) is 0. The number of anilines is 3. The maximum atomic E-state index is 12.5. The van der Waals surface area contributed by atoms with Crippen LogP contribution in [-0.4, -0.2) is 17.1 Å². The average Bonchev–Trinajstić information content (AvgIpc) is 3.26. The summed E-state index contributed by atoms with van der Waals surface area (Å²) in [4.78, 5) is 21.6. The van der Waals surface area contributed by atoms with Gasteiger partial charge in [-0.25, -0.2) is 4.98 Å². The molecule has 3 aromatic rings. The molecule has 1 atom stereocenters. The molecule has 2 aromatic carbocycles. The van der Waals surface area contributed by atoms with Gasteiger partial charge in [-0.15, -0.1) is 11.3 Å². The van der Waals surface area contributed by atoms with Crippen LogP contribution in [-0.2, 0) is 5.41 Å². The topological polar surface area (TPSA) is 90.2 Å². The standard InChI is InChI=1S/C24H21N5OS/c1-16-4-9-19(27-22(30)18-7-5-17(13-25)6-8-18)12-20(16)28-23-29-21(14-31-23)24(2)10-3-11-26-15-24/h3-9,11-12,14-15H,10H2,1-2H3,(H,27,30)(H,28,29). The Morgan fingerprint density at radius 3 is 2.74 bits per heavy atom. The van der Waals surface area contributed by atoms with Crippen LogP contribution in [0.4, 0.5) is 16.5 Å². The lowest BCUT2D eigenvalue weighted by atomic mass is 9.84. The van der Waals surface area contributed by atoms with E-state index < -0.39 is 0 Å². The minimum Gasteiger partial charge on any atom is -0.331 e. The second-order valence-corrected chi connectivity index (χ2v) is 8.48. The molecule has 2 N–H and O–H groups in total. The number of hydrogen-bond donors (Lipinski definition) is 2. The summed E-state index contributed by atoms with van der Waals surface area (Å²) >= 11 is 1.54. The first-order chi connectivity index (χ1) is 15.0. The van der Waals surface area contributed by atoms with Crippen LogP contribution in [0.5, 0.6) is 0 Å². The second kappa shape index (κ2) is 8.54. The van der Waals surface area contributed by atoms with Crippen molar-refractivity contribution in [2.24, 2.45) is 4.99 Å². The smallest absolute Gasteiger partial charge is 0.255 e. The summed E-state index contributed by atoms with van der Waals surface area (Å²) in [5, 5.41) is 18.0. The molecule has 1 aliphatic rings. The molecule has 7 heteroatoms. The first kappa shape index (κ1) is 20.5. The summed E-state index contributed by atoms with van der Waals surface area (Å²) in [6, 6.07) is 14.3. The number of hydrogen-bond acceptors (Lipinski definition) is 6. The Hall–Kier alpha value is -3.76. The average molecular weight is 428 g/mol. The van der Waals surface area contributed by atoms with Crippen molar-refractivity contribution >= 4 is 40.0 Å². The number of aliphatic imine (C=N–C) groups is 1. The van der Waals surface area contributed by atoms with E-state index in [1.807, 2.05) is 43.6 Å². The lowest BCUT2D eigenvalue weighted by molar-refractivity contribution is 0.102. The minimum absolute atomic E-state index is 0.197. The van der Waals surface area contributed by atoms with E-state index in [1.54, 1.807) is 35.6 Å². The van der Waals surface area contributed by atoms with Crippen molar-refractivity contribution in [2.75, 3.05) is 10.6 Å². The molecule has 2 heterocycles. The Bertz CT molecular complexity index is 1220. The fourth-order valence-corrected chi connectivity index (χ4v) is 4.10. The van der Waals surface area contributed by atoms with Crippen LogP contribution in [0, 0.1) is 18.3 Å². The SMILES string of the molecule is Cc1ccc(NC(=O)c2ccc(C#N)cc2)cc1Nc1nc(C2(C)C=NC=CC2)cs1. The summed E-state index contributed by atoms with van der Waals surface area (Å²) in [5.74, 6) is -0.228. The number of carbonyl (C=O) groups excluding carboxylic acids is 1. The number of aryl methyl sites for hydroxylation is 1. The molecule has 0 saturated carbocycles.